The van der Waals surface area contributed by atoms with Crippen molar-refractivity contribution < 1.29 is 14.3 Å². The Balaban J connectivity index is 1.30. The second kappa shape index (κ2) is 13.2. The van der Waals surface area contributed by atoms with Crippen molar-refractivity contribution in [2.24, 2.45) is 0 Å². The average Bonchev–Trinajstić information content (AvgIpc) is 3.84. The highest BCUT2D eigenvalue weighted by Gasteiger charge is 2.26. The van der Waals surface area contributed by atoms with Crippen LogP contribution in [0.1, 0.15) is 44.9 Å². The van der Waals surface area contributed by atoms with Crippen LogP contribution in [0.5, 0.6) is 11.5 Å². The van der Waals surface area contributed by atoms with E-state index in [-0.39, 0.29) is 5.91 Å². The van der Waals surface area contributed by atoms with Crippen molar-refractivity contribution in [3.05, 3.63) is 138 Å². The van der Waals surface area contributed by atoms with Crippen LogP contribution in [-0.4, -0.2) is 49.8 Å². The lowest BCUT2D eigenvalue weighted by molar-refractivity contribution is 0.0929. The number of ether oxygens (including phenoxy) is 2. The minimum absolute atomic E-state index is 0.285. The van der Waals surface area contributed by atoms with Gasteiger partial charge in [0, 0.05) is 64.9 Å². The summed E-state index contributed by atoms with van der Waals surface area (Å²) in [5.74, 6) is 2.56. The van der Waals surface area contributed by atoms with E-state index in [1.807, 2.05) is 48.7 Å². The van der Waals surface area contributed by atoms with Gasteiger partial charge in [0.15, 0.2) is 5.82 Å². The number of nitrogens with zero attached hydrogens (tertiary/aromatic N) is 4. The first-order chi connectivity index (χ1) is 23.1. The Bertz CT molecular complexity index is 2150. The molecule has 47 heavy (non-hydrogen) atoms. The summed E-state index contributed by atoms with van der Waals surface area (Å²) in [5.41, 5.74) is 5.66. The van der Waals surface area contributed by atoms with E-state index in [2.05, 4.69) is 55.3 Å². The van der Waals surface area contributed by atoms with Crippen LogP contribution in [0.15, 0.2) is 104 Å². The molecule has 0 aliphatic rings. The van der Waals surface area contributed by atoms with Crippen molar-refractivity contribution in [1.29, 1.82) is 0 Å². The van der Waals surface area contributed by atoms with E-state index in [0.717, 1.165) is 39.8 Å². The van der Waals surface area contributed by atoms with Gasteiger partial charge in [0.2, 0.25) is 0 Å². The van der Waals surface area contributed by atoms with Gasteiger partial charge < -0.3 is 29.3 Å². The van der Waals surface area contributed by atoms with E-state index in [4.69, 9.17) is 19.7 Å². The Labute approximate surface area is 271 Å². The Morgan fingerprint density at radius 3 is 2.26 bits per heavy atom. The molecule has 1 atom stereocenters. The third-order valence-corrected chi connectivity index (χ3v) is 8.59. The highest BCUT2D eigenvalue weighted by atomic mass is 16.5. The predicted octanol–water partition coefficient (Wildman–Crippen LogP) is 6.20. The molecule has 3 N–H and O–H groups in total. The van der Waals surface area contributed by atoms with E-state index in [0.29, 0.717) is 42.4 Å². The summed E-state index contributed by atoms with van der Waals surface area (Å²) in [5, 5.41) is 15.0. The van der Waals surface area contributed by atoms with Gasteiger partial charge in [-0.25, -0.2) is 0 Å². The lowest BCUT2D eigenvalue weighted by Crippen LogP contribution is -2.33. The average molecular weight is 626 g/mol. The zero-order valence-electron chi connectivity index (χ0n) is 26.2. The van der Waals surface area contributed by atoms with Crippen LogP contribution >= 0.6 is 0 Å². The number of nitrogens with one attached hydrogen (secondary N) is 3. The van der Waals surface area contributed by atoms with Gasteiger partial charge in [-0.15, -0.1) is 10.2 Å². The first-order valence-corrected chi connectivity index (χ1v) is 15.6. The summed E-state index contributed by atoms with van der Waals surface area (Å²) >= 11 is 0. The number of hydrogen-bond acceptors (Lipinski definition) is 6. The summed E-state index contributed by atoms with van der Waals surface area (Å²) in [6.45, 7) is 0.433. The molecule has 0 saturated carbocycles. The van der Waals surface area contributed by atoms with Crippen LogP contribution in [0.25, 0.3) is 21.8 Å². The molecule has 0 spiro atoms. The summed E-state index contributed by atoms with van der Waals surface area (Å²) < 4.78 is 13.3. The molecular weight excluding hydrogens is 590 g/mol. The minimum atomic E-state index is -0.512. The zero-order chi connectivity index (χ0) is 32.2. The molecule has 4 aromatic heterocycles. The first kappa shape index (κ1) is 29.8. The fraction of sp³-hybridized carbons (Fsp3) is 0.189. The number of pyridine rings is 1. The van der Waals surface area contributed by atoms with Crippen molar-refractivity contribution in [3.63, 3.8) is 0 Å². The normalized spacial score (nSPS) is 12.0. The number of rotatable bonds is 12. The molecule has 4 heterocycles. The lowest BCUT2D eigenvalue weighted by Gasteiger charge is -2.21. The number of amides is 1. The van der Waals surface area contributed by atoms with Gasteiger partial charge >= 0.3 is 0 Å². The first-order valence-electron chi connectivity index (χ1n) is 15.6. The molecule has 7 aromatic rings. The maximum Gasteiger partial charge on any atom is 0.270 e. The number of carbonyl (C=O) groups excluding carboxylic acids is 1. The summed E-state index contributed by atoms with van der Waals surface area (Å²) in [6, 6.07) is 27.0. The molecule has 7 rings (SSSR count). The Hall–Kier alpha value is -5.90. The standard InChI is InChI=1S/C37H35N7O3/c1-46-27-16-14-25(34(20-27)47-2)23-44-35(17-15-24-21-39-30-11-5-3-9-28(24)30)42-43-36(44)33(41-37(45)32-13-7-8-18-38-32)19-26-22-40-31-12-6-4-10-29(26)31/h3-14,16,18,20-22,33,39-40H,15,17,19,23H2,1-2H3,(H,41,45)/t33-/m1/s1. The van der Waals surface area contributed by atoms with Crippen LogP contribution < -0.4 is 14.8 Å². The van der Waals surface area contributed by atoms with Gasteiger partial charge in [-0.2, -0.15) is 0 Å². The summed E-state index contributed by atoms with van der Waals surface area (Å²) in [7, 11) is 3.28. The number of benzene rings is 3. The minimum Gasteiger partial charge on any atom is -0.497 e. The van der Waals surface area contributed by atoms with Crippen molar-refractivity contribution in [1.82, 2.24) is 35.0 Å². The Morgan fingerprint density at radius 1 is 0.809 bits per heavy atom. The monoisotopic (exact) mass is 625 g/mol. The number of aromatic amines is 2. The molecule has 0 aliphatic heterocycles. The molecule has 0 fully saturated rings. The number of aromatic nitrogens is 6. The molecule has 10 heteroatoms. The molecule has 10 nitrogen and oxygen atoms in total. The SMILES string of the molecule is COc1ccc(Cn2c(CCc3c[nH]c4ccccc34)nnc2[C@@H](Cc2c[nH]c3ccccc23)NC(=O)c2ccccn2)c(OC)c1. The van der Waals surface area contributed by atoms with Gasteiger partial charge in [0.05, 0.1) is 26.8 Å². The number of aryl methyl sites for hydroxylation is 2. The number of fused-ring (bicyclic) bond motifs is 2. The van der Waals surface area contributed by atoms with E-state index < -0.39 is 6.04 Å². The number of H-pyrrole nitrogens is 2. The number of hydrogen-bond donors (Lipinski definition) is 3. The maximum absolute atomic E-state index is 13.6. The molecule has 0 aliphatic carbocycles. The van der Waals surface area contributed by atoms with Gasteiger partial charge in [-0.1, -0.05) is 42.5 Å². The highest BCUT2D eigenvalue weighted by molar-refractivity contribution is 5.92. The van der Waals surface area contributed by atoms with Gasteiger partial charge in [0.25, 0.3) is 5.91 Å². The van der Waals surface area contributed by atoms with E-state index in [1.165, 1.54) is 10.9 Å². The lowest BCUT2D eigenvalue weighted by atomic mass is 10.0. The smallest absolute Gasteiger partial charge is 0.270 e. The van der Waals surface area contributed by atoms with Crippen molar-refractivity contribution >= 4 is 27.7 Å². The number of methoxy groups -OCH3 is 2. The van der Waals surface area contributed by atoms with Gasteiger partial charge in [-0.05, 0) is 53.9 Å². The number of para-hydroxylation sites is 2. The molecule has 0 bridgehead atoms. The number of carbonyl (C=O) groups is 1. The fourth-order valence-electron chi connectivity index (χ4n) is 6.16. The predicted molar refractivity (Wildman–Crippen MR) is 181 cm³/mol. The second-order valence-corrected chi connectivity index (χ2v) is 11.4. The van der Waals surface area contributed by atoms with Crippen molar-refractivity contribution in [3.8, 4) is 11.5 Å². The van der Waals surface area contributed by atoms with Crippen LogP contribution in [-0.2, 0) is 25.8 Å². The topological polar surface area (TPSA) is 123 Å². The van der Waals surface area contributed by atoms with E-state index in [1.54, 1.807) is 38.6 Å². The van der Waals surface area contributed by atoms with Crippen LogP contribution in [0.4, 0.5) is 0 Å². The largest absolute Gasteiger partial charge is 0.497 e. The van der Waals surface area contributed by atoms with E-state index >= 15 is 0 Å². The molecule has 0 unspecified atom stereocenters. The summed E-state index contributed by atoms with van der Waals surface area (Å²) in [6.07, 6.45) is 7.56. The Kier molecular flexibility index (Phi) is 8.38. The molecule has 0 saturated heterocycles. The molecule has 1 amide bonds. The van der Waals surface area contributed by atoms with Crippen LogP contribution in [0.3, 0.4) is 0 Å². The fourth-order valence-corrected chi connectivity index (χ4v) is 6.16. The Morgan fingerprint density at radius 2 is 1.53 bits per heavy atom. The molecular formula is C37H35N7O3. The highest BCUT2D eigenvalue weighted by Crippen LogP contribution is 2.29. The van der Waals surface area contributed by atoms with Crippen LogP contribution in [0.2, 0.25) is 0 Å². The van der Waals surface area contributed by atoms with Gasteiger partial charge in [0.1, 0.15) is 23.0 Å². The third-order valence-electron chi connectivity index (χ3n) is 8.59. The third kappa shape index (κ3) is 6.17. The van der Waals surface area contributed by atoms with Crippen molar-refractivity contribution in [2.45, 2.75) is 31.8 Å². The quantitative estimate of drug-likeness (QED) is 0.149. The molecule has 236 valence electrons. The summed E-state index contributed by atoms with van der Waals surface area (Å²) in [4.78, 5) is 24.6. The maximum atomic E-state index is 13.6. The zero-order valence-corrected chi connectivity index (χ0v) is 26.2. The molecule has 0 radical (unpaired) electrons. The van der Waals surface area contributed by atoms with Gasteiger partial charge in [-0.3, -0.25) is 9.78 Å². The van der Waals surface area contributed by atoms with E-state index in [9.17, 15) is 4.79 Å². The van der Waals surface area contributed by atoms with Crippen LogP contribution in [0, 0.1) is 0 Å². The molecule has 3 aromatic carbocycles. The van der Waals surface area contributed by atoms with Crippen molar-refractivity contribution in [2.75, 3.05) is 14.2 Å². The second-order valence-electron chi connectivity index (χ2n) is 11.4.